The minimum atomic E-state index is -0.801. The number of carbonyl (C=O) groups is 1. The molecule has 0 saturated heterocycles. The highest BCUT2D eigenvalue weighted by Gasteiger charge is 2.18. The summed E-state index contributed by atoms with van der Waals surface area (Å²) in [5.41, 5.74) is 6.27. The Labute approximate surface area is 109 Å². The molecule has 0 aromatic heterocycles. The van der Waals surface area contributed by atoms with Crippen LogP contribution in [0.25, 0.3) is 0 Å². The fourth-order valence-electron chi connectivity index (χ4n) is 1.74. The van der Waals surface area contributed by atoms with Gasteiger partial charge in [-0.2, -0.15) is 0 Å². The molecule has 5 heteroatoms. The van der Waals surface area contributed by atoms with Crippen molar-refractivity contribution >= 4 is 17.3 Å². The van der Waals surface area contributed by atoms with Gasteiger partial charge in [-0.1, -0.05) is 12.1 Å². The van der Waals surface area contributed by atoms with Gasteiger partial charge in [-0.05, 0) is 24.3 Å². The van der Waals surface area contributed by atoms with Gasteiger partial charge in [0, 0.05) is 18.8 Å². The lowest BCUT2D eigenvalue weighted by molar-refractivity contribution is 0.0993. The van der Waals surface area contributed by atoms with Gasteiger partial charge in [0.05, 0.1) is 11.3 Å². The summed E-state index contributed by atoms with van der Waals surface area (Å²) in [5.74, 6) is -1.95. The van der Waals surface area contributed by atoms with Crippen molar-refractivity contribution in [3.8, 4) is 0 Å². The second-order valence-electron chi connectivity index (χ2n) is 4.05. The zero-order chi connectivity index (χ0) is 14.0. The molecule has 0 aliphatic rings. The molecule has 2 aromatic carbocycles. The number of para-hydroxylation sites is 1. The largest absolute Gasteiger partial charge is 0.398 e. The Balaban J connectivity index is 2.37. The number of halogens is 2. The minimum absolute atomic E-state index is 0.00495. The zero-order valence-electron chi connectivity index (χ0n) is 10.2. The van der Waals surface area contributed by atoms with Crippen molar-refractivity contribution in [2.45, 2.75) is 0 Å². The fraction of sp³-hybridized carbons (Fsp3) is 0.0714. The molecule has 2 rings (SSSR count). The van der Waals surface area contributed by atoms with E-state index in [9.17, 15) is 13.6 Å². The molecule has 19 heavy (non-hydrogen) atoms. The fourth-order valence-corrected chi connectivity index (χ4v) is 1.74. The first kappa shape index (κ1) is 13.0. The third-order valence-corrected chi connectivity index (χ3v) is 2.77. The number of hydrogen-bond donors (Lipinski definition) is 1. The number of nitrogens with two attached hydrogens (primary N) is 1. The average Bonchev–Trinajstić information content (AvgIpc) is 2.38. The molecule has 98 valence electrons. The predicted molar refractivity (Wildman–Crippen MR) is 69.9 cm³/mol. The van der Waals surface area contributed by atoms with Gasteiger partial charge in [0.1, 0.15) is 11.6 Å². The molecule has 1 amide bonds. The van der Waals surface area contributed by atoms with Crippen LogP contribution < -0.4 is 10.6 Å². The number of hydrogen-bond acceptors (Lipinski definition) is 2. The Morgan fingerprint density at radius 2 is 1.84 bits per heavy atom. The molecule has 0 fully saturated rings. The standard InChI is InChI=1S/C14H12F2N2O/c1-18(13-7-6-9(15)8-11(13)16)14(19)10-4-2-3-5-12(10)17/h2-8H,17H2,1H3. The molecule has 0 saturated carbocycles. The predicted octanol–water partition coefficient (Wildman–Crippen LogP) is 2.82. The van der Waals surface area contributed by atoms with E-state index in [1.807, 2.05) is 0 Å². The molecule has 0 unspecified atom stereocenters. The van der Waals surface area contributed by atoms with Gasteiger partial charge < -0.3 is 10.6 Å². The smallest absolute Gasteiger partial charge is 0.260 e. The van der Waals surface area contributed by atoms with Crippen LogP contribution >= 0.6 is 0 Å². The maximum atomic E-state index is 13.6. The monoisotopic (exact) mass is 262 g/mol. The Hall–Kier alpha value is -2.43. The maximum Gasteiger partial charge on any atom is 0.260 e. The minimum Gasteiger partial charge on any atom is -0.398 e. The van der Waals surface area contributed by atoms with Crippen LogP contribution in [0.3, 0.4) is 0 Å². The summed E-state index contributed by atoms with van der Waals surface area (Å²) in [6, 6.07) is 9.53. The van der Waals surface area contributed by atoms with Gasteiger partial charge in [0.15, 0.2) is 0 Å². The van der Waals surface area contributed by atoms with E-state index in [1.54, 1.807) is 24.3 Å². The highest BCUT2D eigenvalue weighted by Crippen LogP contribution is 2.22. The zero-order valence-corrected chi connectivity index (χ0v) is 10.2. The molecule has 2 N–H and O–H groups in total. The first-order valence-corrected chi connectivity index (χ1v) is 5.58. The Kier molecular flexibility index (Phi) is 3.46. The first-order valence-electron chi connectivity index (χ1n) is 5.58. The topological polar surface area (TPSA) is 46.3 Å². The molecule has 0 spiro atoms. The summed E-state index contributed by atoms with van der Waals surface area (Å²) >= 11 is 0. The van der Waals surface area contributed by atoms with Crippen molar-refractivity contribution in [3.63, 3.8) is 0 Å². The summed E-state index contributed by atoms with van der Waals surface area (Å²) in [5, 5.41) is 0. The first-order chi connectivity index (χ1) is 9.00. The Morgan fingerprint density at radius 1 is 1.16 bits per heavy atom. The molecule has 0 atom stereocenters. The molecule has 2 aromatic rings. The second kappa shape index (κ2) is 5.06. The van der Waals surface area contributed by atoms with Gasteiger partial charge in [-0.3, -0.25) is 4.79 Å². The van der Waals surface area contributed by atoms with Gasteiger partial charge in [-0.25, -0.2) is 8.78 Å². The van der Waals surface area contributed by atoms with E-state index in [1.165, 1.54) is 13.1 Å². The van der Waals surface area contributed by atoms with Crippen molar-refractivity contribution in [3.05, 3.63) is 59.7 Å². The summed E-state index contributed by atoms with van der Waals surface area (Å²) in [4.78, 5) is 13.3. The third-order valence-electron chi connectivity index (χ3n) is 2.77. The number of nitrogens with zero attached hydrogens (tertiary/aromatic N) is 1. The second-order valence-corrected chi connectivity index (χ2v) is 4.05. The number of rotatable bonds is 2. The number of anilines is 2. The molecule has 0 aliphatic heterocycles. The van der Waals surface area contributed by atoms with Crippen molar-refractivity contribution in [1.82, 2.24) is 0 Å². The van der Waals surface area contributed by atoms with Crippen molar-refractivity contribution in [2.24, 2.45) is 0 Å². The van der Waals surface area contributed by atoms with Crippen LogP contribution in [0.4, 0.5) is 20.2 Å². The maximum absolute atomic E-state index is 13.6. The van der Waals surface area contributed by atoms with Gasteiger partial charge >= 0.3 is 0 Å². The number of benzene rings is 2. The lowest BCUT2D eigenvalue weighted by atomic mass is 10.1. The van der Waals surface area contributed by atoms with Crippen molar-refractivity contribution in [1.29, 1.82) is 0 Å². The lowest BCUT2D eigenvalue weighted by Crippen LogP contribution is -2.27. The number of carbonyl (C=O) groups excluding carboxylic acids is 1. The highest BCUT2D eigenvalue weighted by molar-refractivity contribution is 6.09. The molecule has 3 nitrogen and oxygen atoms in total. The molecule has 0 bridgehead atoms. The van der Waals surface area contributed by atoms with Crippen LogP contribution in [0, 0.1) is 11.6 Å². The molecule has 0 aliphatic carbocycles. The number of nitrogen functional groups attached to an aromatic ring is 1. The Morgan fingerprint density at radius 3 is 2.47 bits per heavy atom. The van der Waals surface area contributed by atoms with Gasteiger partial charge in [0.25, 0.3) is 5.91 Å². The summed E-state index contributed by atoms with van der Waals surface area (Å²) in [6.45, 7) is 0. The van der Waals surface area contributed by atoms with Gasteiger partial charge in [-0.15, -0.1) is 0 Å². The molecule has 0 radical (unpaired) electrons. The molecular formula is C14H12F2N2O. The highest BCUT2D eigenvalue weighted by atomic mass is 19.1. The lowest BCUT2D eigenvalue weighted by Gasteiger charge is -2.18. The van der Waals surface area contributed by atoms with Crippen LogP contribution in [-0.2, 0) is 0 Å². The Bertz CT molecular complexity index is 629. The average molecular weight is 262 g/mol. The summed E-state index contributed by atoms with van der Waals surface area (Å²) < 4.78 is 26.4. The van der Waals surface area contributed by atoms with Crippen LogP contribution in [-0.4, -0.2) is 13.0 Å². The number of amides is 1. The van der Waals surface area contributed by atoms with E-state index in [4.69, 9.17) is 5.73 Å². The van der Waals surface area contributed by atoms with Crippen LogP contribution in [0.5, 0.6) is 0 Å². The molecule has 0 heterocycles. The van der Waals surface area contributed by atoms with Crippen molar-refractivity contribution < 1.29 is 13.6 Å². The summed E-state index contributed by atoms with van der Waals surface area (Å²) in [7, 11) is 1.41. The van der Waals surface area contributed by atoms with E-state index < -0.39 is 17.5 Å². The third kappa shape index (κ3) is 2.54. The SMILES string of the molecule is CN(C(=O)c1ccccc1N)c1ccc(F)cc1F. The van der Waals surface area contributed by atoms with E-state index in [0.717, 1.165) is 17.0 Å². The van der Waals surface area contributed by atoms with E-state index in [0.29, 0.717) is 5.69 Å². The van der Waals surface area contributed by atoms with E-state index >= 15 is 0 Å². The van der Waals surface area contributed by atoms with Crippen LogP contribution in [0.1, 0.15) is 10.4 Å². The van der Waals surface area contributed by atoms with Gasteiger partial charge in [0.2, 0.25) is 0 Å². The normalized spacial score (nSPS) is 10.3. The quantitative estimate of drug-likeness (QED) is 0.846. The van der Waals surface area contributed by atoms with Crippen molar-refractivity contribution in [2.75, 3.05) is 17.7 Å². The van der Waals surface area contributed by atoms with E-state index in [-0.39, 0.29) is 11.3 Å². The summed E-state index contributed by atoms with van der Waals surface area (Å²) in [6.07, 6.45) is 0. The van der Waals surface area contributed by atoms with Crippen LogP contribution in [0.15, 0.2) is 42.5 Å². The van der Waals surface area contributed by atoms with E-state index in [2.05, 4.69) is 0 Å². The molecular weight excluding hydrogens is 250 g/mol. The van der Waals surface area contributed by atoms with Crippen LogP contribution in [0.2, 0.25) is 0 Å².